The van der Waals surface area contributed by atoms with E-state index in [-0.39, 0.29) is 12.6 Å². The van der Waals surface area contributed by atoms with E-state index < -0.39 is 0 Å². The van der Waals surface area contributed by atoms with Gasteiger partial charge in [0.1, 0.15) is 5.75 Å². The molecule has 3 nitrogen and oxygen atoms in total. The van der Waals surface area contributed by atoms with Crippen molar-refractivity contribution in [2.75, 3.05) is 18.6 Å². The maximum Gasteiger partial charge on any atom is 0.123 e. The zero-order valence-electron chi connectivity index (χ0n) is 10.7. The maximum atomic E-state index is 9.98. The number of phenolic OH excluding ortho intramolecular Hbond substituents is 1. The quantitative estimate of drug-likeness (QED) is 0.718. The second kappa shape index (κ2) is 8.04. The van der Waals surface area contributed by atoms with E-state index in [9.17, 15) is 5.11 Å². The van der Waals surface area contributed by atoms with E-state index in [0.29, 0.717) is 12.3 Å². The molecule has 0 saturated carbocycles. The molecule has 1 rings (SSSR count). The van der Waals surface area contributed by atoms with Crippen LogP contribution >= 0.6 is 27.7 Å². The van der Waals surface area contributed by atoms with E-state index in [2.05, 4.69) is 21.2 Å². The van der Waals surface area contributed by atoms with Crippen LogP contribution < -0.4 is 5.32 Å². The number of aliphatic hydroxyl groups is 1. The topological polar surface area (TPSA) is 52.5 Å². The molecule has 1 atom stereocenters. The molecule has 0 heterocycles. The summed E-state index contributed by atoms with van der Waals surface area (Å²) in [6, 6.07) is 4.08. The number of halogens is 1. The van der Waals surface area contributed by atoms with Crippen molar-refractivity contribution in [2.24, 2.45) is 0 Å². The van der Waals surface area contributed by atoms with Crippen molar-refractivity contribution in [3.63, 3.8) is 0 Å². The van der Waals surface area contributed by atoms with Crippen LogP contribution in [0.5, 0.6) is 5.75 Å². The number of thioether (sulfide) groups is 1. The minimum absolute atomic E-state index is 0.182. The summed E-state index contributed by atoms with van der Waals surface area (Å²) in [5.41, 5.74) is 1.75. The second-order valence-corrected chi connectivity index (χ2v) is 6.10. The van der Waals surface area contributed by atoms with Gasteiger partial charge in [-0.05, 0) is 37.3 Å². The van der Waals surface area contributed by atoms with Crippen LogP contribution in [-0.2, 0) is 6.54 Å². The molecule has 102 valence electrons. The Morgan fingerprint density at radius 3 is 2.78 bits per heavy atom. The number of aromatic hydroxyl groups is 1. The Morgan fingerprint density at radius 2 is 2.17 bits per heavy atom. The van der Waals surface area contributed by atoms with E-state index in [1.807, 2.05) is 25.3 Å². The first-order valence-electron chi connectivity index (χ1n) is 5.89. The predicted molar refractivity (Wildman–Crippen MR) is 81.3 cm³/mol. The van der Waals surface area contributed by atoms with Gasteiger partial charge >= 0.3 is 0 Å². The molecule has 0 saturated heterocycles. The monoisotopic (exact) mass is 333 g/mol. The smallest absolute Gasteiger partial charge is 0.123 e. The van der Waals surface area contributed by atoms with Crippen LogP contribution in [0.25, 0.3) is 0 Å². The number of aryl methyl sites for hydroxylation is 1. The summed E-state index contributed by atoms with van der Waals surface area (Å²) >= 11 is 5.18. The Bertz CT molecular complexity index is 381. The number of phenols is 1. The van der Waals surface area contributed by atoms with E-state index in [0.717, 1.165) is 27.8 Å². The van der Waals surface area contributed by atoms with Crippen LogP contribution in [0.1, 0.15) is 17.5 Å². The molecule has 1 unspecified atom stereocenters. The standard InChI is InChI=1S/C13H20BrNO2S/c1-9-5-11(14)6-10(13(9)17)7-15-12(3-4-16)8-18-2/h5-6,12,15-17H,3-4,7-8H2,1-2H3. The highest BCUT2D eigenvalue weighted by atomic mass is 79.9. The molecule has 0 aliphatic carbocycles. The highest BCUT2D eigenvalue weighted by Gasteiger charge is 2.10. The second-order valence-electron chi connectivity index (χ2n) is 4.28. The van der Waals surface area contributed by atoms with Crippen LogP contribution in [0.15, 0.2) is 16.6 Å². The molecule has 1 aromatic rings. The molecule has 5 heteroatoms. The van der Waals surface area contributed by atoms with Gasteiger partial charge in [0.2, 0.25) is 0 Å². The number of rotatable bonds is 7. The number of benzene rings is 1. The molecular formula is C13H20BrNO2S. The van der Waals surface area contributed by atoms with Crippen LogP contribution in [0.4, 0.5) is 0 Å². The number of hydrogen-bond acceptors (Lipinski definition) is 4. The van der Waals surface area contributed by atoms with Crippen molar-refractivity contribution in [1.82, 2.24) is 5.32 Å². The average Bonchev–Trinajstić information content (AvgIpc) is 2.32. The molecule has 3 N–H and O–H groups in total. The summed E-state index contributed by atoms with van der Waals surface area (Å²) in [6.45, 7) is 2.68. The SMILES string of the molecule is CSCC(CCO)NCc1cc(Br)cc(C)c1O. The summed E-state index contributed by atoms with van der Waals surface area (Å²) in [4.78, 5) is 0. The molecule has 0 aromatic heterocycles. The third-order valence-electron chi connectivity index (χ3n) is 2.77. The zero-order chi connectivity index (χ0) is 13.5. The molecule has 0 aliphatic rings. The fourth-order valence-electron chi connectivity index (χ4n) is 1.80. The van der Waals surface area contributed by atoms with E-state index in [1.165, 1.54) is 0 Å². The normalized spacial score (nSPS) is 12.7. The molecule has 0 radical (unpaired) electrons. The van der Waals surface area contributed by atoms with Crippen molar-refractivity contribution in [2.45, 2.75) is 25.9 Å². The summed E-state index contributed by atoms with van der Waals surface area (Å²) < 4.78 is 0.971. The lowest BCUT2D eigenvalue weighted by atomic mass is 10.1. The van der Waals surface area contributed by atoms with Gasteiger partial charge in [0.15, 0.2) is 0 Å². The third kappa shape index (κ3) is 4.80. The first kappa shape index (κ1) is 15.8. The van der Waals surface area contributed by atoms with Crippen molar-refractivity contribution >= 4 is 27.7 Å². The fourth-order valence-corrected chi connectivity index (χ4v) is 3.10. The highest BCUT2D eigenvalue weighted by molar-refractivity contribution is 9.10. The lowest BCUT2D eigenvalue weighted by molar-refractivity contribution is 0.269. The van der Waals surface area contributed by atoms with Crippen molar-refractivity contribution < 1.29 is 10.2 Å². The minimum Gasteiger partial charge on any atom is -0.507 e. The molecule has 0 spiro atoms. The van der Waals surface area contributed by atoms with Gasteiger partial charge in [0.25, 0.3) is 0 Å². The molecule has 1 aromatic carbocycles. The van der Waals surface area contributed by atoms with Crippen LogP contribution in [0.2, 0.25) is 0 Å². The molecule has 0 bridgehead atoms. The van der Waals surface area contributed by atoms with E-state index in [4.69, 9.17) is 5.11 Å². The Morgan fingerprint density at radius 1 is 1.44 bits per heavy atom. The van der Waals surface area contributed by atoms with Gasteiger partial charge in [-0.3, -0.25) is 0 Å². The summed E-state index contributed by atoms with van der Waals surface area (Å²) in [6.07, 6.45) is 2.78. The average molecular weight is 334 g/mol. The Labute approximate surface area is 121 Å². The summed E-state index contributed by atoms with van der Waals surface area (Å²) in [5.74, 6) is 1.30. The highest BCUT2D eigenvalue weighted by Crippen LogP contribution is 2.26. The minimum atomic E-state index is 0.182. The van der Waals surface area contributed by atoms with Gasteiger partial charge in [-0.15, -0.1) is 0 Å². The van der Waals surface area contributed by atoms with Crippen LogP contribution in [0, 0.1) is 6.92 Å². The largest absolute Gasteiger partial charge is 0.507 e. The lowest BCUT2D eigenvalue weighted by Crippen LogP contribution is -2.31. The first-order chi connectivity index (χ1) is 8.58. The zero-order valence-corrected chi connectivity index (χ0v) is 13.1. The molecular weight excluding hydrogens is 314 g/mol. The summed E-state index contributed by atoms with van der Waals surface area (Å²) in [5, 5.41) is 22.3. The van der Waals surface area contributed by atoms with E-state index in [1.54, 1.807) is 11.8 Å². The van der Waals surface area contributed by atoms with Crippen LogP contribution in [0.3, 0.4) is 0 Å². The van der Waals surface area contributed by atoms with Crippen molar-refractivity contribution in [1.29, 1.82) is 0 Å². The fraction of sp³-hybridized carbons (Fsp3) is 0.538. The number of hydrogen-bond donors (Lipinski definition) is 3. The van der Waals surface area contributed by atoms with Crippen LogP contribution in [-0.4, -0.2) is 34.9 Å². The Hall–Kier alpha value is -0.230. The molecule has 0 aliphatic heterocycles. The maximum absolute atomic E-state index is 9.98. The van der Waals surface area contributed by atoms with Gasteiger partial charge in [0, 0.05) is 35.0 Å². The Kier molecular flexibility index (Phi) is 7.07. The molecule has 0 fully saturated rings. The molecule has 18 heavy (non-hydrogen) atoms. The third-order valence-corrected chi connectivity index (χ3v) is 3.96. The molecule has 0 amide bonds. The van der Waals surface area contributed by atoms with Crippen molar-refractivity contribution in [3.05, 3.63) is 27.7 Å². The lowest BCUT2D eigenvalue weighted by Gasteiger charge is -2.17. The first-order valence-corrected chi connectivity index (χ1v) is 8.08. The van der Waals surface area contributed by atoms with Gasteiger partial charge in [-0.1, -0.05) is 15.9 Å². The Balaban J connectivity index is 2.66. The van der Waals surface area contributed by atoms with Gasteiger partial charge in [-0.25, -0.2) is 0 Å². The van der Waals surface area contributed by atoms with E-state index >= 15 is 0 Å². The van der Waals surface area contributed by atoms with Gasteiger partial charge in [0.05, 0.1) is 0 Å². The number of aliphatic hydroxyl groups excluding tert-OH is 1. The van der Waals surface area contributed by atoms with Crippen molar-refractivity contribution in [3.8, 4) is 5.75 Å². The van der Waals surface area contributed by atoms with Gasteiger partial charge < -0.3 is 15.5 Å². The number of nitrogens with one attached hydrogen (secondary N) is 1. The predicted octanol–water partition coefficient (Wildman–Crippen LogP) is 2.67. The summed E-state index contributed by atoms with van der Waals surface area (Å²) in [7, 11) is 0. The van der Waals surface area contributed by atoms with Gasteiger partial charge in [-0.2, -0.15) is 11.8 Å².